The average Bonchev–Trinajstić information content (AvgIpc) is 3.05. The Bertz CT molecular complexity index is 610. The Morgan fingerprint density at radius 1 is 1.48 bits per heavy atom. The maximum Gasteiger partial charge on any atom is 0.321 e. The van der Waals surface area contributed by atoms with Gasteiger partial charge in [-0.25, -0.2) is 4.98 Å². The first-order valence-corrected chi connectivity index (χ1v) is 7.30. The lowest BCUT2D eigenvalue weighted by atomic mass is 9.93. The lowest BCUT2D eigenvalue weighted by Crippen LogP contribution is -2.42. The van der Waals surface area contributed by atoms with Crippen LogP contribution in [0.15, 0.2) is 29.2 Å². The van der Waals surface area contributed by atoms with Gasteiger partial charge in [-0.1, -0.05) is 12.2 Å². The van der Waals surface area contributed by atoms with E-state index in [9.17, 15) is 14.7 Å². The molecule has 0 amide bonds. The van der Waals surface area contributed by atoms with Crippen LogP contribution >= 0.6 is 0 Å². The number of nitrogens with one attached hydrogen (secondary N) is 2. The zero-order valence-electron chi connectivity index (χ0n) is 11.7. The van der Waals surface area contributed by atoms with Crippen LogP contribution in [-0.4, -0.2) is 33.6 Å². The van der Waals surface area contributed by atoms with Gasteiger partial charge >= 0.3 is 5.97 Å². The molecule has 1 saturated carbocycles. The number of rotatable bonds is 6. The molecular formula is C15H19N3O3. The van der Waals surface area contributed by atoms with E-state index in [1.165, 1.54) is 18.7 Å². The van der Waals surface area contributed by atoms with Gasteiger partial charge < -0.3 is 15.4 Å². The monoisotopic (exact) mass is 289 g/mol. The first kappa shape index (κ1) is 14.0. The Hall–Kier alpha value is -1.95. The molecule has 1 aromatic rings. The van der Waals surface area contributed by atoms with E-state index >= 15 is 0 Å². The number of carboxylic acids is 1. The second-order valence-corrected chi connectivity index (χ2v) is 5.92. The van der Waals surface area contributed by atoms with Gasteiger partial charge in [0, 0.05) is 18.7 Å². The summed E-state index contributed by atoms with van der Waals surface area (Å²) in [5.74, 6) is 1.27. The summed E-state index contributed by atoms with van der Waals surface area (Å²) in [7, 11) is 0. The van der Waals surface area contributed by atoms with Crippen LogP contribution < -0.4 is 10.9 Å². The van der Waals surface area contributed by atoms with E-state index in [0.717, 1.165) is 6.42 Å². The minimum absolute atomic E-state index is 0.183. The van der Waals surface area contributed by atoms with Crippen LogP contribution in [-0.2, 0) is 11.2 Å². The molecule has 6 heteroatoms. The van der Waals surface area contributed by atoms with Crippen LogP contribution in [0.1, 0.15) is 18.7 Å². The van der Waals surface area contributed by atoms with E-state index in [1.807, 2.05) is 0 Å². The number of allylic oxidation sites excluding steroid dienone is 2. The van der Waals surface area contributed by atoms with Crippen LogP contribution in [0, 0.1) is 17.8 Å². The van der Waals surface area contributed by atoms with Crippen molar-refractivity contribution in [3.63, 3.8) is 0 Å². The first-order chi connectivity index (χ1) is 10.1. The lowest BCUT2D eigenvalue weighted by Gasteiger charge is -2.21. The topological polar surface area (TPSA) is 95.1 Å². The molecule has 0 aliphatic heterocycles. The molecule has 4 atom stereocenters. The molecule has 0 spiro atoms. The number of carboxylic acid groups (broad SMARTS) is 1. The molecule has 2 aliphatic rings. The standard InChI is InChI=1S/C15H19N3O3/c19-14-3-4-16-13(18-14)7-12(15(20)21)17-8-11-6-9-1-2-10(11)5-9/h1-4,9-12,17H,5-8H2,(H,20,21)(H,16,18,19)/t9-,10+,11+,12-/m1/s1. The molecule has 3 rings (SSSR count). The summed E-state index contributed by atoms with van der Waals surface area (Å²) in [5.41, 5.74) is -0.262. The molecular weight excluding hydrogens is 270 g/mol. The number of aliphatic carboxylic acids is 1. The first-order valence-electron chi connectivity index (χ1n) is 7.30. The predicted molar refractivity (Wildman–Crippen MR) is 76.8 cm³/mol. The second-order valence-electron chi connectivity index (χ2n) is 5.92. The van der Waals surface area contributed by atoms with Crippen molar-refractivity contribution < 1.29 is 9.90 Å². The maximum atomic E-state index is 11.4. The molecule has 0 aromatic carbocycles. The molecule has 3 N–H and O–H groups in total. The summed E-state index contributed by atoms with van der Waals surface area (Å²) < 4.78 is 0. The lowest BCUT2D eigenvalue weighted by molar-refractivity contribution is -0.139. The third-order valence-corrected chi connectivity index (χ3v) is 4.46. The maximum absolute atomic E-state index is 11.4. The fourth-order valence-corrected chi connectivity index (χ4v) is 3.38. The summed E-state index contributed by atoms with van der Waals surface area (Å²) in [4.78, 5) is 29.2. The number of H-pyrrole nitrogens is 1. The van der Waals surface area contributed by atoms with Crippen LogP contribution in [0.3, 0.4) is 0 Å². The van der Waals surface area contributed by atoms with Gasteiger partial charge in [0.05, 0.1) is 0 Å². The van der Waals surface area contributed by atoms with E-state index in [4.69, 9.17) is 0 Å². The van der Waals surface area contributed by atoms with E-state index in [0.29, 0.717) is 30.1 Å². The average molecular weight is 289 g/mol. The SMILES string of the molecule is O=C(O)[C@@H](Cc1nccc(=O)[nH]1)NC[C@@H]1C[C@@H]2C=C[C@H]1C2. The number of fused-ring (bicyclic) bond motifs is 2. The number of nitrogens with zero attached hydrogens (tertiary/aromatic N) is 1. The zero-order chi connectivity index (χ0) is 14.8. The number of aromatic amines is 1. The van der Waals surface area contributed by atoms with E-state index < -0.39 is 12.0 Å². The Balaban J connectivity index is 1.59. The fraction of sp³-hybridized carbons (Fsp3) is 0.533. The van der Waals surface area contributed by atoms with Gasteiger partial charge in [-0.2, -0.15) is 0 Å². The Kier molecular flexibility index (Phi) is 3.88. The molecule has 1 heterocycles. The molecule has 2 aliphatic carbocycles. The third kappa shape index (κ3) is 3.21. The number of carbonyl (C=O) groups is 1. The molecule has 0 radical (unpaired) electrons. The fourth-order valence-electron chi connectivity index (χ4n) is 3.38. The van der Waals surface area contributed by atoms with Crippen molar-refractivity contribution in [2.75, 3.05) is 6.54 Å². The summed E-state index contributed by atoms with van der Waals surface area (Å²) >= 11 is 0. The van der Waals surface area contributed by atoms with Crippen molar-refractivity contribution in [3.05, 3.63) is 40.6 Å². The highest BCUT2D eigenvalue weighted by atomic mass is 16.4. The Morgan fingerprint density at radius 3 is 2.95 bits per heavy atom. The van der Waals surface area contributed by atoms with Gasteiger partial charge in [0.1, 0.15) is 11.9 Å². The number of aromatic nitrogens is 2. The summed E-state index contributed by atoms with van der Waals surface area (Å²) in [6, 6.07) is 0.590. The minimum Gasteiger partial charge on any atom is -0.480 e. The van der Waals surface area contributed by atoms with Crippen molar-refractivity contribution in [1.29, 1.82) is 0 Å². The van der Waals surface area contributed by atoms with Crippen molar-refractivity contribution >= 4 is 5.97 Å². The highest BCUT2D eigenvalue weighted by molar-refractivity contribution is 5.73. The molecule has 0 unspecified atom stereocenters. The van der Waals surface area contributed by atoms with Gasteiger partial charge in [0.25, 0.3) is 5.56 Å². The van der Waals surface area contributed by atoms with E-state index in [2.05, 4.69) is 27.4 Å². The molecule has 2 bridgehead atoms. The number of hydrogen-bond acceptors (Lipinski definition) is 4. The van der Waals surface area contributed by atoms with Gasteiger partial charge in [0.2, 0.25) is 0 Å². The number of hydrogen-bond donors (Lipinski definition) is 3. The molecule has 1 fully saturated rings. The van der Waals surface area contributed by atoms with Crippen molar-refractivity contribution in [2.24, 2.45) is 17.8 Å². The molecule has 0 saturated heterocycles. The van der Waals surface area contributed by atoms with Gasteiger partial charge in [-0.05, 0) is 37.1 Å². The van der Waals surface area contributed by atoms with Crippen molar-refractivity contribution in [2.45, 2.75) is 25.3 Å². The highest BCUT2D eigenvalue weighted by Gasteiger charge is 2.35. The molecule has 21 heavy (non-hydrogen) atoms. The minimum atomic E-state index is -0.916. The molecule has 112 valence electrons. The largest absolute Gasteiger partial charge is 0.480 e. The van der Waals surface area contributed by atoms with Crippen LogP contribution in [0.4, 0.5) is 0 Å². The Labute approximate surface area is 122 Å². The predicted octanol–water partition coefficient (Wildman–Crippen LogP) is 0.567. The van der Waals surface area contributed by atoms with Crippen molar-refractivity contribution in [1.82, 2.24) is 15.3 Å². The normalized spacial score (nSPS) is 27.9. The van der Waals surface area contributed by atoms with Crippen LogP contribution in [0.25, 0.3) is 0 Å². The summed E-state index contributed by atoms with van der Waals surface area (Å²) in [5, 5.41) is 12.4. The highest BCUT2D eigenvalue weighted by Crippen LogP contribution is 2.42. The third-order valence-electron chi connectivity index (χ3n) is 4.46. The summed E-state index contributed by atoms with van der Waals surface area (Å²) in [6.07, 6.45) is 8.45. The van der Waals surface area contributed by atoms with Crippen LogP contribution in [0.2, 0.25) is 0 Å². The smallest absolute Gasteiger partial charge is 0.321 e. The zero-order valence-corrected chi connectivity index (χ0v) is 11.7. The van der Waals surface area contributed by atoms with E-state index in [-0.39, 0.29) is 12.0 Å². The van der Waals surface area contributed by atoms with Crippen LogP contribution in [0.5, 0.6) is 0 Å². The Morgan fingerprint density at radius 2 is 2.33 bits per heavy atom. The molecule has 6 nitrogen and oxygen atoms in total. The summed E-state index contributed by atoms with van der Waals surface area (Å²) in [6.45, 7) is 0.694. The van der Waals surface area contributed by atoms with Gasteiger partial charge in [-0.15, -0.1) is 0 Å². The quantitative estimate of drug-likeness (QED) is 0.665. The second kappa shape index (κ2) is 5.81. The van der Waals surface area contributed by atoms with Gasteiger partial charge in [0.15, 0.2) is 0 Å². The molecule has 1 aromatic heterocycles. The van der Waals surface area contributed by atoms with E-state index in [1.54, 1.807) is 0 Å². The van der Waals surface area contributed by atoms with Crippen molar-refractivity contribution in [3.8, 4) is 0 Å². The van der Waals surface area contributed by atoms with Gasteiger partial charge in [-0.3, -0.25) is 9.59 Å².